The monoisotopic (exact) mass is 595 g/mol. The van der Waals surface area contributed by atoms with E-state index in [1.54, 1.807) is 53.3 Å². The summed E-state index contributed by atoms with van der Waals surface area (Å²) in [6.07, 6.45) is 6.78. The Morgan fingerprint density at radius 1 is 1.22 bits per heavy atom. The first-order chi connectivity index (χ1) is 19.8. The van der Waals surface area contributed by atoms with Gasteiger partial charge < -0.3 is 19.9 Å². The number of nitrogens with zero attached hydrogens (tertiary/aromatic N) is 6. The first-order valence-corrected chi connectivity index (χ1v) is 13.8. The number of hydrogen-bond donors (Lipinski definition) is 1. The second kappa shape index (κ2) is 12.3. The van der Waals surface area contributed by atoms with Gasteiger partial charge in [-0.15, -0.1) is 0 Å². The van der Waals surface area contributed by atoms with Crippen molar-refractivity contribution >= 4 is 46.3 Å². The molecule has 0 aliphatic carbocycles. The highest BCUT2D eigenvalue weighted by Crippen LogP contribution is 2.36. The zero-order valence-corrected chi connectivity index (χ0v) is 24.1. The predicted octanol–water partition coefficient (Wildman–Crippen LogP) is 5.90. The zero-order chi connectivity index (χ0) is 29.1. The molecule has 0 radical (unpaired) electrons. The lowest BCUT2D eigenvalue weighted by molar-refractivity contribution is 0.0678. The molecule has 4 aromatic rings. The molecule has 0 atom stereocenters. The van der Waals surface area contributed by atoms with Crippen LogP contribution in [0.5, 0.6) is 5.75 Å². The maximum atomic E-state index is 14.8. The molecule has 1 aliphatic rings. The van der Waals surface area contributed by atoms with Crippen molar-refractivity contribution in [2.45, 2.75) is 12.8 Å². The van der Waals surface area contributed by atoms with E-state index < -0.39 is 5.82 Å². The first-order valence-electron chi connectivity index (χ1n) is 13.1. The van der Waals surface area contributed by atoms with E-state index in [4.69, 9.17) is 33.2 Å². The summed E-state index contributed by atoms with van der Waals surface area (Å²) in [5, 5.41) is 12.1. The molecule has 12 heteroatoms. The summed E-state index contributed by atoms with van der Waals surface area (Å²) >= 11 is 12.9. The molecule has 0 unspecified atom stereocenters. The third-order valence-corrected chi connectivity index (χ3v) is 7.71. The van der Waals surface area contributed by atoms with E-state index in [1.807, 2.05) is 4.90 Å². The van der Waals surface area contributed by atoms with Gasteiger partial charge in [0.1, 0.15) is 6.07 Å². The van der Waals surface area contributed by atoms with Gasteiger partial charge in [-0.05, 0) is 63.2 Å². The van der Waals surface area contributed by atoms with E-state index in [0.717, 1.165) is 19.4 Å². The number of carbonyl (C=O) groups is 1. The molecular formula is C29H28Cl2FN7O2. The molecule has 1 N–H and O–H groups in total. The Kier molecular flexibility index (Phi) is 8.59. The molecule has 0 bridgehead atoms. The minimum atomic E-state index is -0.760. The number of piperidine rings is 1. The molecule has 2 aromatic heterocycles. The van der Waals surface area contributed by atoms with E-state index in [9.17, 15) is 9.18 Å². The maximum Gasteiger partial charge on any atom is 0.255 e. The fourth-order valence-corrected chi connectivity index (χ4v) is 5.58. The van der Waals surface area contributed by atoms with Crippen LogP contribution < -0.4 is 10.1 Å². The molecule has 1 saturated heterocycles. The van der Waals surface area contributed by atoms with E-state index in [2.05, 4.69) is 34.3 Å². The molecule has 41 heavy (non-hydrogen) atoms. The number of anilines is 2. The Labute approximate surface area is 247 Å². The highest BCUT2D eigenvalue weighted by molar-refractivity contribution is 6.34. The van der Waals surface area contributed by atoms with Crippen molar-refractivity contribution in [2.24, 2.45) is 5.92 Å². The molecule has 1 amide bonds. The van der Waals surface area contributed by atoms with Gasteiger partial charge in [0.25, 0.3) is 5.91 Å². The van der Waals surface area contributed by atoms with Crippen molar-refractivity contribution in [3.8, 4) is 23.1 Å². The fraction of sp³-hybridized carbons (Fsp3) is 0.310. The van der Waals surface area contributed by atoms with Crippen molar-refractivity contribution < 1.29 is 13.9 Å². The summed E-state index contributed by atoms with van der Waals surface area (Å²) in [7, 11) is 4.14. The Balaban J connectivity index is 1.34. The average molecular weight is 596 g/mol. The lowest BCUT2D eigenvalue weighted by atomic mass is 9.96. The van der Waals surface area contributed by atoms with Crippen LogP contribution in [0.25, 0.3) is 16.9 Å². The summed E-state index contributed by atoms with van der Waals surface area (Å²) in [6.45, 7) is 2.16. The predicted molar refractivity (Wildman–Crippen MR) is 156 cm³/mol. The molecule has 1 aliphatic heterocycles. The van der Waals surface area contributed by atoms with Crippen molar-refractivity contribution in [3.63, 3.8) is 0 Å². The average Bonchev–Trinajstić information content (AvgIpc) is 3.39. The molecular weight excluding hydrogens is 568 g/mol. The van der Waals surface area contributed by atoms with Crippen LogP contribution in [0.3, 0.4) is 0 Å². The normalized spacial score (nSPS) is 13.9. The molecule has 0 saturated carbocycles. The van der Waals surface area contributed by atoms with Crippen molar-refractivity contribution in [1.29, 1.82) is 5.26 Å². The number of amides is 1. The molecule has 0 spiro atoms. The maximum absolute atomic E-state index is 14.8. The molecule has 1 fully saturated rings. The molecule has 2 aromatic carbocycles. The second-order valence-electron chi connectivity index (χ2n) is 10.1. The van der Waals surface area contributed by atoms with Gasteiger partial charge >= 0.3 is 0 Å². The lowest BCUT2D eigenvalue weighted by Gasteiger charge is -2.33. The van der Waals surface area contributed by atoms with E-state index >= 15 is 0 Å². The standard InChI is InChI=1S/C29H28Cl2FN7O2/c1-37(2)17-18-7-11-38(12-8-18)29(40)20-4-3-19(15-22(20)30)36-27-28-35-16-23(39(28)13-10-34-27)21-5-6-24(41-14-9-33)26(32)25(21)31/h3-6,10,13,15-16,18H,7-8,11-12,14,17H2,1-2H3,(H,34,36). The Hall–Kier alpha value is -3.91. The summed E-state index contributed by atoms with van der Waals surface area (Å²) in [5.74, 6) is 0.0839. The Morgan fingerprint density at radius 3 is 2.71 bits per heavy atom. The van der Waals surface area contributed by atoms with Crippen molar-refractivity contribution in [1.82, 2.24) is 24.2 Å². The number of carbonyl (C=O) groups excluding carboxylic acids is 1. The highest BCUT2D eigenvalue weighted by Gasteiger charge is 2.25. The molecule has 5 rings (SSSR count). The fourth-order valence-electron chi connectivity index (χ4n) is 5.07. The quantitative estimate of drug-likeness (QED) is 0.270. The zero-order valence-electron chi connectivity index (χ0n) is 22.6. The highest BCUT2D eigenvalue weighted by atomic mass is 35.5. The number of ether oxygens (including phenoxy) is 1. The summed E-state index contributed by atoms with van der Waals surface area (Å²) in [6, 6.07) is 10.0. The van der Waals surface area contributed by atoms with Gasteiger partial charge in [-0.1, -0.05) is 23.2 Å². The summed E-state index contributed by atoms with van der Waals surface area (Å²) < 4.78 is 21.6. The summed E-state index contributed by atoms with van der Waals surface area (Å²) in [5.41, 5.74) is 2.49. The minimum Gasteiger partial charge on any atom is -0.476 e. The van der Waals surface area contributed by atoms with E-state index in [1.165, 1.54) is 6.07 Å². The number of benzene rings is 2. The first kappa shape index (κ1) is 28.6. The van der Waals surface area contributed by atoms with Gasteiger partial charge in [0.15, 0.2) is 29.6 Å². The van der Waals surface area contributed by atoms with Crippen LogP contribution >= 0.6 is 23.2 Å². The number of halogens is 3. The Morgan fingerprint density at radius 2 is 2.00 bits per heavy atom. The van der Waals surface area contributed by atoms with Crippen molar-refractivity contribution in [3.05, 3.63) is 70.3 Å². The topological polar surface area (TPSA) is 98.8 Å². The van der Waals surface area contributed by atoms with Crippen LogP contribution in [-0.4, -0.2) is 70.4 Å². The lowest BCUT2D eigenvalue weighted by Crippen LogP contribution is -2.40. The third-order valence-electron chi connectivity index (χ3n) is 7.03. The van der Waals surface area contributed by atoms with E-state index in [0.29, 0.717) is 58.0 Å². The number of nitrogens with one attached hydrogen (secondary N) is 1. The van der Waals surface area contributed by atoms with Gasteiger partial charge in [-0.3, -0.25) is 9.20 Å². The van der Waals surface area contributed by atoms with Crippen LogP contribution in [0.1, 0.15) is 23.2 Å². The molecule has 212 valence electrons. The minimum absolute atomic E-state index is 0.0730. The third kappa shape index (κ3) is 6.07. The smallest absolute Gasteiger partial charge is 0.255 e. The van der Waals surface area contributed by atoms with Gasteiger partial charge in [0, 0.05) is 43.3 Å². The number of hydrogen-bond acceptors (Lipinski definition) is 7. The number of rotatable bonds is 8. The molecule has 3 heterocycles. The number of aromatic nitrogens is 3. The largest absolute Gasteiger partial charge is 0.476 e. The van der Waals surface area contributed by atoms with Gasteiger partial charge in [0.2, 0.25) is 0 Å². The van der Waals surface area contributed by atoms with Gasteiger partial charge in [-0.25, -0.2) is 14.4 Å². The number of fused-ring (bicyclic) bond motifs is 1. The van der Waals surface area contributed by atoms with Crippen LogP contribution in [0.2, 0.25) is 10.0 Å². The summed E-state index contributed by atoms with van der Waals surface area (Å²) in [4.78, 5) is 26.1. The van der Waals surface area contributed by atoms with E-state index in [-0.39, 0.29) is 23.3 Å². The van der Waals surface area contributed by atoms with Crippen LogP contribution in [0.4, 0.5) is 15.9 Å². The second-order valence-corrected chi connectivity index (χ2v) is 10.9. The van der Waals surface area contributed by atoms with Crippen LogP contribution in [-0.2, 0) is 0 Å². The van der Waals surface area contributed by atoms with Gasteiger partial charge in [0.05, 0.1) is 27.5 Å². The van der Waals surface area contributed by atoms with Crippen LogP contribution in [0.15, 0.2) is 48.9 Å². The van der Waals surface area contributed by atoms with Crippen molar-refractivity contribution in [2.75, 3.05) is 45.7 Å². The van der Waals surface area contributed by atoms with Gasteiger partial charge in [-0.2, -0.15) is 5.26 Å². The SMILES string of the molecule is CN(C)CC1CCN(C(=O)c2ccc(Nc3nccn4c(-c5ccc(OCC#N)c(F)c5Cl)cnc34)cc2Cl)CC1. The Bertz CT molecular complexity index is 1630. The number of likely N-dealkylation sites (tertiary alicyclic amines) is 1. The number of nitriles is 1. The number of imidazole rings is 1. The molecule has 9 nitrogen and oxygen atoms in total. The van der Waals surface area contributed by atoms with Crippen LogP contribution in [0, 0.1) is 23.1 Å².